The van der Waals surface area contributed by atoms with Gasteiger partial charge in [-0.25, -0.2) is 0 Å². The Morgan fingerprint density at radius 1 is 1.32 bits per heavy atom. The van der Waals surface area contributed by atoms with Gasteiger partial charge in [0.05, 0.1) is 6.10 Å². The summed E-state index contributed by atoms with van der Waals surface area (Å²) in [5.74, 6) is 0.0997. The third-order valence-corrected chi connectivity index (χ3v) is 5.83. The molecule has 0 aromatic rings. The molecule has 114 valence electrons. The van der Waals surface area contributed by atoms with Crippen molar-refractivity contribution in [2.24, 2.45) is 5.92 Å². The lowest BCUT2D eigenvalue weighted by Crippen LogP contribution is -2.47. The minimum absolute atomic E-state index is 0.0917. The van der Waals surface area contributed by atoms with E-state index in [1.165, 1.54) is 10.7 Å². The molecule has 1 rings (SSSR count). The Morgan fingerprint density at radius 3 is 2.42 bits per heavy atom. The number of aliphatic hydroxyl groups is 1. The first-order valence-electron chi connectivity index (χ1n) is 7.29. The number of hydrogen-bond acceptors (Lipinski definition) is 3. The lowest BCUT2D eigenvalue weighted by Gasteiger charge is -2.30. The summed E-state index contributed by atoms with van der Waals surface area (Å²) in [6.45, 7) is 3.99. The first-order chi connectivity index (χ1) is 8.88. The summed E-state index contributed by atoms with van der Waals surface area (Å²) in [6.07, 6.45) is 5.47. The second-order valence-electron chi connectivity index (χ2n) is 5.61. The first-order valence-corrected chi connectivity index (χ1v) is 8.73. The van der Waals surface area contributed by atoms with Crippen molar-refractivity contribution >= 4 is 10.2 Å². The van der Waals surface area contributed by atoms with Gasteiger partial charge in [-0.15, -0.1) is 0 Å². The normalized spacial score (nSPS) is 21.5. The summed E-state index contributed by atoms with van der Waals surface area (Å²) in [5, 5.41) is 9.83. The van der Waals surface area contributed by atoms with Crippen LogP contribution in [0.15, 0.2) is 0 Å². The third-order valence-electron chi connectivity index (χ3n) is 4.24. The largest absolute Gasteiger partial charge is 0.391 e. The van der Waals surface area contributed by atoms with Gasteiger partial charge in [-0.3, -0.25) is 0 Å². The van der Waals surface area contributed by atoms with Crippen LogP contribution in [0.25, 0.3) is 0 Å². The minimum Gasteiger partial charge on any atom is -0.391 e. The molecule has 1 saturated carbocycles. The van der Waals surface area contributed by atoms with E-state index in [1.54, 1.807) is 7.05 Å². The van der Waals surface area contributed by atoms with Crippen molar-refractivity contribution in [3.05, 3.63) is 0 Å². The van der Waals surface area contributed by atoms with E-state index in [9.17, 15) is 13.5 Å². The van der Waals surface area contributed by atoms with Crippen molar-refractivity contribution < 1.29 is 13.5 Å². The van der Waals surface area contributed by atoms with Crippen LogP contribution in [0.2, 0.25) is 0 Å². The van der Waals surface area contributed by atoms with Gasteiger partial charge in [0, 0.05) is 19.6 Å². The Labute approximate surface area is 117 Å². The van der Waals surface area contributed by atoms with Crippen LogP contribution in [-0.2, 0) is 10.2 Å². The Bertz CT molecular complexity index is 353. The molecule has 1 aliphatic rings. The predicted octanol–water partition coefficient (Wildman–Crippen LogP) is 1.49. The highest BCUT2D eigenvalue weighted by Gasteiger charge is 2.28. The highest BCUT2D eigenvalue weighted by Crippen LogP contribution is 2.23. The highest BCUT2D eigenvalue weighted by molar-refractivity contribution is 7.87. The number of aliphatic hydroxyl groups excluding tert-OH is 1. The zero-order chi connectivity index (χ0) is 14.5. The summed E-state index contributed by atoms with van der Waals surface area (Å²) in [6, 6.07) is 0.104. The maximum Gasteiger partial charge on any atom is 0.279 e. The van der Waals surface area contributed by atoms with E-state index in [0.717, 1.165) is 32.1 Å². The fourth-order valence-corrected chi connectivity index (χ4v) is 3.60. The topological polar surface area (TPSA) is 69.6 Å². The van der Waals surface area contributed by atoms with Gasteiger partial charge in [-0.05, 0) is 18.8 Å². The number of rotatable bonds is 7. The monoisotopic (exact) mass is 292 g/mol. The van der Waals surface area contributed by atoms with Crippen LogP contribution >= 0.6 is 0 Å². The summed E-state index contributed by atoms with van der Waals surface area (Å²) in [7, 11) is -1.84. The third kappa shape index (κ3) is 5.02. The van der Waals surface area contributed by atoms with Crippen molar-refractivity contribution in [3.63, 3.8) is 0 Å². The molecule has 0 saturated heterocycles. The van der Waals surface area contributed by atoms with Gasteiger partial charge in [0.25, 0.3) is 10.2 Å². The maximum atomic E-state index is 12.1. The van der Waals surface area contributed by atoms with E-state index in [2.05, 4.69) is 4.72 Å². The quantitative estimate of drug-likeness (QED) is 0.747. The smallest absolute Gasteiger partial charge is 0.279 e. The molecular weight excluding hydrogens is 264 g/mol. The predicted molar refractivity (Wildman–Crippen MR) is 77.0 cm³/mol. The van der Waals surface area contributed by atoms with Crippen molar-refractivity contribution in [2.75, 3.05) is 13.6 Å². The fourth-order valence-electron chi connectivity index (χ4n) is 2.41. The van der Waals surface area contributed by atoms with Crippen molar-refractivity contribution in [3.8, 4) is 0 Å². The molecule has 0 aromatic heterocycles. The molecule has 0 amide bonds. The Hall–Kier alpha value is -0.170. The molecule has 0 aliphatic heterocycles. The zero-order valence-electron chi connectivity index (χ0n) is 12.3. The average molecular weight is 292 g/mol. The number of nitrogens with zero attached hydrogens (tertiary/aromatic N) is 1. The molecule has 1 aliphatic carbocycles. The molecule has 0 spiro atoms. The zero-order valence-corrected chi connectivity index (χ0v) is 13.1. The van der Waals surface area contributed by atoms with Gasteiger partial charge in [0.2, 0.25) is 0 Å². The SMILES string of the molecule is CCC(C)C(O)CNS(=O)(=O)N(C)C1CCCCC1. The molecule has 0 aromatic carbocycles. The summed E-state index contributed by atoms with van der Waals surface area (Å²) < 4.78 is 28.3. The van der Waals surface area contributed by atoms with Crippen LogP contribution in [-0.4, -0.2) is 43.6 Å². The van der Waals surface area contributed by atoms with E-state index in [4.69, 9.17) is 0 Å². The molecule has 2 N–H and O–H groups in total. The van der Waals surface area contributed by atoms with Crippen LogP contribution in [0.5, 0.6) is 0 Å². The fraction of sp³-hybridized carbons (Fsp3) is 1.00. The molecule has 6 heteroatoms. The molecule has 19 heavy (non-hydrogen) atoms. The van der Waals surface area contributed by atoms with Gasteiger partial charge in [-0.2, -0.15) is 17.4 Å². The Balaban J connectivity index is 2.50. The van der Waals surface area contributed by atoms with Gasteiger partial charge >= 0.3 is 0 Å². The molecule has 0 bridgehead atoms. The van der Waals surface area contributed by atoms with Gasteiger partial charge < -0.3 is 5.11 Å². The van der Waals surface area contributed by atoms with Crippen LogP contribution in [0, 0.1) is 5.92 Å². The molecule has 0 radical (unpaired) electrons. The van der Waals surface area contributed by atoms with E-state index >= 15 is 0 Å². The number of nitrogens with one attached hydrogen (secondary N) is 1. The van der Waals surface area contributed by atoms with Crippen LogP contribution in [0.1, 0.15) is 52.4 Å². The average Bonchev–Trinajstić information content (AvgIpc) is 2.44. The van der Waals surface area contributed by atoms with Crippen LogP contribution in [0.3, 0.4) is 0 Å². The van der Waals surface area contributed by atoms with Crippen molar-refractivity contribution in [1.82, 2.24) is 9.03 Å². The standard InChI is InChI=1S/C13H28N2O3S/c1-4-11(2)13(16)10-14-19(17,18)15(3)12-8-6-5-7-9-12/h11-14,16H,4-10H2,1-3H3. The van der Waals surface area contributed by atoms with E-state index in [0.29, 0.717) is 0 Å². The van der Waals surface area contributed by atoms with Gasteiger partial charge in [0.15, 0.2) is 0 Å². The van der Waals surface area contributed by atoms with Crippen molar-refractivity contribution in [1.29, 1.82) is 0 Å². The molecule has 1 fully saturated rings. The van der Waals surface area contributed by atoms with Gasteiger partial charge in [0.1, 0.15) is 0 Å². The first kappa shape index (κ1) is 16.9. The molecule has 5 nitrogen and oxygen atoms in total. The molecular formula is C13H28N2O3S. The van der Waals surface area contributed by atoms with Crippen LogP contribution < -0.4 is 4.72 Å². The van der Waals surface area contributed by atoms with Gasteiger partial charge in [-0.1, -0.05) is 39.5 Å². The molecule has 2 atom stereocenters. The summed E-state index contributed by atoms with van der Waals surface area (Å²) in [5.41, 5.74) is 0. The lowest BCUT2D eigenvalue weighted by atomic mass is 9.96. The van der Waals surface area contributed by atoms with E-state index in [-0.39, 0.29) is 18.5 Å². The number of hydrogen-bond donors (Lipinski definition) is 2. The van der Waals surface area contributed by atoms with E-state index in [1.807, 2.05) is 13.8 Å². The van der Waals surface area contributed by atoms with E-state index < -0.39 is 16.3 Å². The summed E-state index contributed by atoms with van der Waals surface area (Å²) in [4.78, 5) is 0. The maximum absolute atomic E-state index is 12.1. The van der Waals surface area contributed by atoms with Crippen LogP contribution in [0.4, 0.5) is 0 Å². The van der Waals surface area contributed by atoms with Crippen molar-refractivity contribution in [2.45, 2.75) is 64.5 Å². The Kier molecular flexibility index (Phi) is 6.73. The minimum atomic E-state index is -3.47. The Morgan fingerprint density at radius 2 is 1.89 bits per heavy atom. The second kappa shape index (κ2) is 7.57. The highest BCUT2D eigenvalue weighted by atomic mass is 32.2. The molecule has 2 unspecified atom stereocenters. The lowest BCUT2D eigenvalue weighted by molar-refractivity contribution is 0.118. The second-order valence-corrected chi connectivity index (χ2v) is 7.43. The molecule has 0 heterocycles. The summed E-state index contributed by atoms with van der Waals surface area (Å²) >= 11 is 0.